The van der Waals surface area contributed by atoms with Gasteiger partial charge in [0.2, 0.25) is 0 Å². The predicted molar refractivity (Wildman–Crippen MR) is 96.3 cm³/mol. The van der Waals surface area contributed by atoms with E-state index in [4.69, 9.17) is 9.31 Å². The third-order valence-electron chi connectivity index (χ3n) is 4.84. The van der Waals surface area contributed by atoms with Crippen LogP contribution >= 0.6 is 0 Å². The van der Waals surface area contributed by atoms with E-state index in [-0.39, 0.29) is 0 Å². The molecule has 0 N–H and O–H groups in total. The molecular formula is C18H23BFN3O2. The third-order valence-corrected chi connectivity index (χ3v) is 4.84. The number of aromatic nitrogens is 3. The summed E-state index contributed by atoms with van der Waals surface area (Å²) in [6, 6.07) is 3.71. The van der Waals surface area contributed by atoms with Crippen molar-refractivity contribution >= 4 is 13.2 Å². The van der Waals surface area contributed by atoms with Crippen LogP contribution in [-0.2, 0) is 15.9 Å². The third kappa shape index (κ3) is 3.39. The Balaban J connectivity index is 1.95. The first-order valence-electron chi connectivity index (χ1n) is 8.44. The van der Waals surface area contributed by atoms with E-state index in [9.17, 15) is 4.39 Å². The van der Waals surface area contributed by atoms with Crippen molar-refractivity contribution in [1.29, 1.82) is 0 Å². The average Bonchev–Trinajstić information content (AvgIpc) is 3.06. The molecule has 0 radical (unpaired) electrons. The van der Waals surface area contributed by atoms with Crippen LogP contribution in [0, 0.1) is 0 Å². The zero-order valence-electron chi connectivity index (χ0n) is 15.3. The van der Waals surface area contributed by atoms with Crippen molar-refractivity contribution in [2.45, 2.75) is 52.4 Å². The zero-order chi connectivity index (χ0) is 18.2. The molecule has 5 nitrogen and oxygen atoms in total. The molecule has 0 aliphatic carbocycles. The Hall–Kier alpha value is -1.99. The highest BCUT2D eigenvalue weighted by molar-refractivity contribution is 6.54. The lowest BCUT2D eigenvalue weighted by molar-refractivity contribution is 0.00578. The Morgan fingerprint density at radius 2 is 1.80 bits per heavy atom. The lowest BCUT2D eigenvalue weighted by atomic mass is 9.86. The smallest absolute Gasteiger partial charge is 0.398 e. The van der Waals surface area contributed by atoms with Gasteiger partial charge >= 0.3 is 7.12 Å². The number of hydrogen-bond acceptors (Lipinski definition) is 4. The molecule has 1 saturated heterocycles. The Labute approximate surface area is 148 Å². The highest BCUT2D eigenvalue weighted by atomic mass is 19.1. The summed E-state index contributed by atoms with van der Waals surface area (Å²) in [6.07, 6.45) is 6.65. The Kier molecular flexibility index (Phi) is 4.55. The molecule has 25 heavy (non-hydrogen) atoms. The molecule has 1 aliphatic heterocycles. The maximum Gasteiger partial charge on any atom is 0.525 e. The molecule has 0 spiro atoms. The second-order valence-electron chi connectivity index (χ2n) is 7.14. The quantitative estimate of drug-likeness (QED) is 0.790. The molecule has 0 saturated carbocycles. The van der Waals surface area contributed by atoms with Gasteiger partial charge in [-0.05, 0) is 52.8 Å². The molecule has 2 aromatic heterocycles. The lowest BCUT2D eigenvalue weighted by Crippen LogP contribution is -2.41. The summed E-state index contributed by atoms with van der Waals surface area (Å²) in [6.45, 7) is 10.3. The summed E-state index contributed by atoms with van der Waals surface area (Å²) in [4.78, 5) is 4.02. The van der Waals surface area contributed by atoms with Crippen molar-refractivity contribution in [3.8, 4) is 11.3 Å². The number of aryl methyl sites for hydroxylation is 1. The fraction of sp³-hybridized carbons (Fsp3) is 0.444. The van der Waals surface area contributed by atoms with E-state index >= 15 is 0 Å². The predicted octanol–water partition coefficient (Wildman–Crippen LogP) is 3.91. The van der Waals surface area contributed by atoms with Gasteiger partial charge in [0.25, 0.3) is 0 Å². The summed E-state index contributed by atoms with van der Waals surface area (Å²) in [5.74, 6) is 0. The van der Waals surface area contributed by atoms with Crippen molar-refractivity contribution < 1.29 is 13.7 Å². The molecule has 3 rings (SSSR count). The number of halogens is 1. The van der Waals surface area contributed by atoms with E-state index in [1.165, 1.54) is 6.08 Å². The summed E-state index contributed by atoms with van der Waals surface area (Å²) >= 11 is 0. The van der Waals surface area contributed by atoms with Gasteiger partial charge in [-0.2, -0.15) is 5.10 Å². The molecule has 0 aromatic carbocycles. The van der Waals surface area contributed by atoms with Crippen LogP contribution in [0.1, 0.15) is 40.2 Å². The van der Waals surface area contributed by atoms with Gasteiger partial charge in [0, 0.05) is 36.3 Å². The van der Waals surface area contributed by atoms with Crippen molar-refractivity contribution in [3.63, 3.8) is 0 Å². The van der Waals surface area contributed by atoms with Crippen molar-refractivity contribution in [3.05, 3.63) is 42.0 Å². The second kappa shape index (κ2) is 6.39. The number of nitrogens with zero attached hydrogens (tertiary/aromatic N) is 3. The maximum atomic E-state index is 14.9. The van der Waals surface area contributed by atoms with Gasteiger partial charge in [0.15, 0.2) is 0 Å². The molecule has 132 valence electrons. The SMILES string of the molecule is CCn1cc(C=C(F)B2OC(C)(C)C(C)(C)O2)c(-c2ccncc2)n1. The molecular weight excluding hydrogens is 320 g/mol. The van der Waals surface area contributed by atoms with Gasteiger partial charge in [0.1, 0.15) is 5.73 Å². The summed E-state index contributed by atoms with van der Waals surface area (Å²) in [5.41, 5.74) is 0.644. The minimum absolute atomic E-state index is 0.468. The lowest BCUT2D eigenvalue weighted by Gasteiger charge is -2.32. The van der Waals surface area contributed by atoms with E-state index in [2.05, 4.69) is 10.1 Å². The van der Waals surface area contributed by atoms with Crippen LogP contribution in [0.4, 0.5) is 4.39 Å². The standard InChI is InChI=1S/C18H23BFN3O2/c1-6-23-12-14(16(22-23)13-7-9-21-10-8-13)11-15(20)19-24-17(2,3)18(4,5)25-19/h7-12H,6H2,1-5H3. The average molecular weight is 343 g/mol. The Morgan fingerprint density at radius 3 is 2.36 bits per heavy atom. The normalized spacial score (nSPS) is 19.4. The van der Waals surface area contributed by atoms with Crippen LogP contribution in [0.3, 0.4) is 0 Å². The minimum Gasteiger partial charge on any atom is -0.398 e. The molecule has 0 bridgehead atoms. The first-order chi connectivity index (χ1) is 11.7. The fourth-order valence-corrected chi connectivity index (χ4v) is 2.61. The molecule has 3 heterocycles. The van der Waals surface area contributed by atoms with Crippen LogP contribution in [0.2, 0.25) is 0 Å². The van der Waals surface area contributed by atoms with Crippen LogP contribution in [0.25, 0.3) is 17.3 Å². The van der Waals surface area contributed by atoms with Crippen molar-refractivity contribution in [2.75, 3.05) is 0 Å². The van der Waals surface area contributed by atoms with Crippen LogP contribution in [0.5, 0.6) is 0 Å². The van der Waals surface area contributed by atoms with E-state index < -0.39 is 24.0 Å². The molecule has 1 fully saturated rings. The van der Waals surface area contributed by atoms with Gasteiger partial charge in [-0.1, -0.05) is 0 Å². The summed E-state index contributed by atoms with van der Waals surface area (Å²) in [5, 5.41) is 4.53. The van der Waals surface area contributed by atoms with Gasteiger partial charge in [0.05, 0.1) is 16.9 Å². The maximum absolute atomic E-state index is 14.9. The monoisotopic (exact) mass is 343 g/mol. The number of rotatable bonds is 4. The number of pyridine rings is 1. The van der Waals surface area contributed by atoms with E-state index in [0.29, 0.717) is 17.8 Å². The van der Waals surface area contributed by atoms with Gasteiger partial charge in [-0.3, -0.25) is 9.67 Å². The molecule has 2 aromatic rings. The fourth-order valence-electron chi connectivity index (χ4n) is 2.61. The molecule has 1 aliphatic rings. The highest BCUT2D eigenvalue weighted by Crippen LogP contribution is 2.39. The van der Waals surface area contributed by atoms with Crippen molar-refractivity contribution in [2.24, 2.45) is 0 Å². The van der Waals surface area contributed by atoms with Crippen LogP contribution < -0.4 is 0 Å². The first-order valence-corrected chi connectivity index (χ1v) is 8.44. The zero-order valence-corrected chi connectivity index (χ0v) is 15.3. The highest BCUT2D eigenvalue weighted by Gasteiger charge is 2.53. The first kappa shape index (κ1) is 17.8. The minimum atomic E-state index is -1.01. The van der Waals surface area contributed by atoms with Crippen molar-refractivity contribution in [1.82, 2.24) is 14.8 Å². The Morgan fingerprint density at radius 1 is 1.20 bits per heavy atom. The van der Waals surface area contributed by atoms with Gasteiger partial charge < -0.3 is 9.31 Å². The Bertz CT molecular complexity index is 771. The number of hydrogen-bond donors (Lipinski definition) is 0. The van der Waals surface area contributed by atoms with Gasteiger partial charge in [-0.15, -0.1) is 0 Å². The summed E-state index contributed by atoms with van der Waals surface area (Å²) < 4.78 is 28.2. The van der Waals surface area contributed by atoms with Crippen LogP contribution in [0.15, 0.2) is 36.4 Å². The van der Waals surface area contributed by atoms with E-state index in [1.54, 1.807) is 17.1 Å². The van der Waals surface area contributed by atoms with E-state index in [0.717, 1.165) is 5.56 Å². The van der Waals surface area contributed by atoms with E-state index in [1.807, 2.05) is 52.9 Å². The molecule has 0 atom stereocenters. The summed E-state index contributed by atoms with van der Waals surface area (Å²) in [7, 11) is -1.01. The topological polar surface area (TPSA) is 49.2 Å². The van der Waals surface area contributed by atoms with Gasteiger partial charge in [-0.25, -0.2) is 4.39 Å². The molecule has 0 unspecified atom stereocenters. The molecule has 0 amide bonds. The largest absolute Gasteiger partial charge is 0.525 e. The molecule has 7 heteroatoms. The van der Waals surface area contributed by atoms with Crippen LogP contribution in [-0.4, -0.2) is 33.1 Å². The second-order valence-corrected chi connectivity index (χ2v) is 7.14.